The highest BCUT2D eigenvalue weighted by Gasteiger charge is 2.61. The van der Waals surface area contributed by atoms with Gasteiger partial charge in [-0.2, -0.15) is 0 Å². The van der Waals surface area contributed by atoms with Crippen LogP contribution in [0.5, 0.6) is 5.75 Å². The number of allylic oxidation sites excluding steroid dienone is 2. The van der Waals surface area contributed by atoms with Gasteiger partial charge in [-0.25, -0.2) is 9.48 Å². The van der Waals surface area contributed by atoms with E-state index in [0.29, 0.717) is 12.1 Å². The Kier molecular flexibility index (Phi) is 4.93. The molecule has 3 heterocycles. The molecule has 0 saturated carbocycles. The Morgan fingerprint density at radius 1 is 1.32 bits per heavy atom. The van der Waals surface area contributed by atoms with Crippen molar-refractivity contribution in [3.05, 3.63) is 54.3 Å². The molecule has 0 N–H and O–H groups in total. The molecule has 31 heavy (non-hydrogen) atoms. The molecule has 2 aliphatic heterocycles. The number of carbonyl (C=O) groups excluding carboxylic acids is 1. The Bertz CT molecular complexity index is 1040. The molecule has 2 fully saturated rings. The number of esters is 1. The predicted molar refractivity (Wildman–Crippen MR) is 114 cm³/mol. The molecule has 1 aliphatic carbocycles. The lowest BCUT2D eigenvalue weighted by molar-refractivity contribution is -0.140. The molecular weight excluding hydrogens is 394 g/mol. The monoisotopic (exact) mass is 421 g/mol. The van der Waals surface area contributed by atoms with Crippen LogP contribution >= 0.6 is 0 Å². The number of benzene rings is 1. The summed E-state index contributed by atoms with van der Waals surface area (Å²) >= 11 is 0. The van der Waals surface area contributed by atoms with Crippen molar-refractivity contribution < 1.29 is 19.0 Å². The molecule has 7 heteroatoms. The first-order chi connectivity index (χ1) is 15.0. The molecule has 3 aliphatic rings. The maximum atomic E-state index is 12.1. The molecule has 0 amide bonds. The molecular formula is C24H27N3O4. The van der Waals surface area contributed by atoms with Crippen molar-refractivity contribution in [1.29, 1.82) is 0 Å². The number of methoxy groups -OCH3 is 1. The van der Waals surface area contributed by atoms with Crippen molar-refractivity contribution in [1.82, 2.24) is 15.0 Å². The summed E-state index contributed by atoms with van der Waals surface area (Å²) in [7, 11) is 1.65. The second-order valence-corrected chi connectivity index (χ2v) is 8.82. The number of ether oxygens (including phenoxy) is 3. The molecule has 1 aromatic heterocycles. The second-order valence-electron chi connectivity index (χ2n) is 8.82. The number of hydrogen-bond donors (Lipinski definition) is 0. The Morgan fingerprint density at radius 2 is 2.13 bits per heavy atom. The van der Waals surface area contributed by atoms with Crippen LogP contribution in [-0.4, -0.2) is 45.9 Å². The molecule has 1 aromatic carbocycles. The third-order valence-corrected chi connectivity index (χ3v) is 6.73. The van der Waals surface area contributed by atoms with Crippen LogP contribution in [0.25, 0.3) is 11.3 Å². The van der Waals surface area contributed by atoms with Crippen LogP contribution in [0.3, 0.4) is 0 Å². The van der Waals surface area contributed by atoms with Gasteiger partial charge in [0, 0.05) is 17.1 Å². The number of nitrogens with zero attached hydrogens (tertiary/aromatic N) is 3. The Hall–Kier alpha value is -2.93. The molecule has 0 unspecified atom stereocenters. The van der Waals surface area contributed by atoms with Crippen molar-refractivity contribution in [2.24, 2.45) is 5.92 Å². The van der Waals surface area contributed by atoms with Crippen molar-refractivity contribution >= 4 is 5.97 Å². The van der Waals surface area contributed by atoms with E-state index < -0.39 is 0 Å². The van der Waals surface area contributed by atoms with Gasteiger partial charge in [0.15, 0.2) is 0 Å². The minimum Gasteiger partial charge on any atom is -0.497 e. The van der Waals surface area contributed by atoms with Crippen LogP contribution < -0.4 is 4.74 Å². The summed E-state index contributed by atoms with van der Waals surface area (Å²) in [6.45, 7) is 6.77. The van der Waals surface area contributed by atoms with E-state index in [9.17, 15) is 4.79 Å². The standard InChI is InChI=1S/C24H27N3O4/c1-15-19-11-6-16(5-4-12-24(2)22(31-24)21(19)30-23(15)28)13-27-14-20(25-26-27)17-7-9-18(29-3)10-8-17/h5,7-10,14,19,21-22H,1,4,6,11-13H2,2-3H3/b16-5+/t19-,21-,22-,24+/m0/s1. The van der Waals surface area contributed by atoms with Crippen molar-refractivity contribution in [3.8, 4) is 17.0 Å². The maximum Gasteiger partial charge on any atom is 0.334 e. The summed E-state index contributed by atoms with van der Waals surface area (Å²) in [5.41, 5.74) is 3.46. The topological polar surface area (TPSA) is 78.8 Å². The van der Waals surface area contributed by atoms with Gasteiger partial charge < -0.3 is 14.2 Å². The number of fused-ring (bicyclic) bond motifs is 3. The average Bonchev–Trinajstić information content (AvgIpc) is 3.08. The van der Waals surface area contributed by atoms with Gasteiger partial charge in [-0.05, 0) is 56.9 Å². The van der Waals surface area contributed by atoms with Gasteiger partial charge in [0.2, 0.25) is 0 Å². The zero-order valence-corrected chi connectivity index (χ0v) is 17.9. The minimum absolute atomic E-state index is 0.00596. The lowest BCUT2D eigenvalue weighted by Crippen LogP contribution is -2.29. The fourth-order valence-electron chi connectivity index (χ4n) is 4.74. The number of carbonyl (C=O) groups is 1. The van der Waals surface area contributed by atoms with Gasteiger partial charge in [-0.1, -0.05) is 23.4 Å². The molecule has 5 rings (SSSR count). The minimum atomic E-state index is -0.280. The fourth-order valence-corrected chi connectivity index (χ4v) is 4.74. The first-order valence-corrected chi connectivity index (χ1v) is 10.8. The van der Waals surface area contributed by atoms with E-state index in [1.807, 2.05) is 35.1 Å². The number of hydrogen-bond acceptors (Lipinski definition) is 6. The maximum absolute atomic E-state index is 12.1. The van der Waals surface area contributed by atoms with Gasteiger partial charge in [0.25, 0.3) is 0 Å². The van der Waals surface area contributed by atoms with E-state index in [1.54, 1.807) is 7.11 Å². The largest absolute Gasteiger partial charge is 0.497 e. The average molecular weight is 421 g/mol. The number of epoxide rings is 1. The molecule has 4 atom stereocenters. The quantitative estimate of drug-likeness (QED) is 0.324. The van der Waals surface area contributed by atoms with Gasteiger partial charge in [0.05, 0.1) is 25.5 Å². The summed E-state index contributed by atoms with van der Waals surface area (Å²) in [6.07, 6.45) is 7.54. The van der Waals surface area contributed by atoms with Gasteiger partial charge >= 0.3 is 5.97 Å². The highest BCUT2D eigenvalue weighted by atomic mass is 16.6. The fraction of sp³-hybridized carbons (Fsp3) is 0.458. The summed E-state index contributed by atoms with van der Waals surface area (Å²) in [5.74, 6) is 0.539. The third-order valence-electron chi connectivity index (χ3n) is 6.73. The Labute approximate surface area is 181 Å². The van der Waals surface area contributed by atoms with Crippen molar-refractivity contribution in [2.75, 3.05) is 7.11 Å². The van der Waals surface area contributed by atoms with Crippen molar-refractivity contribution in [2.45, 2.75) is 57.0 Å². The van der Waals surface area contributed by atoms with Crippen LogP contribution in [0, 0.1) is 5.92 Å². The van der Waals surface area contributed by atoms with E-state index >= 15 is 0 Å². The predicted octanol–water partition coefficient (Wildman–Crippen LogP) is 3.71. The van der Waals surface area contributed by atoms with E-state index in [-0.39, 0.29) is 29.7 Å². The van der Waals surface area contributed by atoms with Gasteiger partial charge in [-0.3, -0.25) is 0 Å². The normalized spacial score (nSPS) is 31.8. The Balaban J connectivity index is 1.32. The van der Waals surface area contributed by atoms with Crippen LogP contribution in [0.4, 0.5) is 0 Å². The lowest BCUT2D eigenvalue weighted by atomic mass is 9.84. The molecule has 0 radical (unpaired) electrons. The SMILES string of the molecule is C=C1C(=O)O[C@H]2[C@H]1CC/C(Cn1cc(-c3ccc(OC)cc3)nn1)=C\CC[C@@]1(C)O[C@@H]21. The summed E-state index contributed by atoms with van der Waals surface area (Å²) in [6, 6.07) is 7.79. The molecule has 2 saturated heterocycles. The highest BCUT2D eigenvalue weighted by molar-refractivity contribution is 5.91. The van der Waals surface area contributed by atoms with Crippen molar-refractivity contribution in [3.63, 3.8) is 0 Å². The number of rotatable bonds is 4. The lowest BCUT2D eigenvalue weighted by Gasteiger charge is -2.20. The van der Waals surface area contributed by atoms with E-state index in [0.717, 1.165) is 42.7 Å². The second kappa shape index (κ2) is 7.64. The van der Waals surface area contributed by atoms with Crippen LogP contribution in [0.15, 0.2) is 54.3 Å². The molecule has 0 bridgehead atoms. The molecule has 162 valence electrons. The van der Waals surface area contributed by atoms with E-state index in [4.69, 9.17) is 14.2 Å². The zero-order valence-electron chi connectivity index (χ0n) is 17.9. The van der Waals surface area contributed by atoms with Crippen LogP contribution in [-0.2, 0) is 20.8 Å². The number of aromatic nitrogens is 3. The molecule has 0 spiro atoms. The summed E-state index contributed by atoms with van der Waals surface area (Å²) < 4.78 is 18.7. The first-order valence-electron chi connectivity index (χ1n) is 10.8. The summed E-state index contributed by atoms with van der Waals surface area (Å²) in [4.78, 5) is 12.1. The smallest absolute Gasteiger partial charge is 0.334 e. The Morgan fingerprint density at radius 3 is 2.90 bits per heavy atom. The summed E-state index contributed by atoms with van der Waals surface area (Å²) in [5, 5.41) is 8.66. The van der Waals surface area contributed by atoms with E-state index in [2.05, 4.69) is 29.9 Å². The molecule has 7 nitrogen and oxygen atoms in total. The van der Waals surface area contributed by atoms with Crippen LogP contribution in [0.1, 0.15) is 32.6 Å². The zero-order chi connectivity index (χ0) is 21.6. The third kappa shape index (κ3) is 3.78. The molecule has 2 aromatic rings. The highest BCUT2D eigenvalue weighted by Crippen LogP contribution is 2.49. The first kappa shape index (κ1) is 20.0. The van der Waals surface area contributed by atoms with E-state index in [1.165, 1.54) is 5.57 Å². The van der Waals surface area contributed by atoms with Gasteiger partial charge in [0.1, 0.15) is 23.7 Å². The van der Waals surface area contributed by atoms with Crippen LogP contribution in [0.2, 0.25) is 0 Å². The van der Waals surface area contributed by atoms with Gasteiger partial charge in [-0.15, -0.1) is 5.10 Å².